The Hall–Kier alpha value is -0.540. The van der Waals surface area contributed by atoms with E-state index in [0.29, 0.717) is 10.1 Å². The van der Waals surface area contributed by atoms with E-state index in [-0.39, 0.29) is 6.61 Å². The summed E-state index contributed by atoms with van der Waals surface area (Å²) in [5.41, 5.74) is 0. The second-order valence-electron chi connectivity index (χ2n) is 2.24. The number of halogens is 1. The predicted octanol–water partition coefficient (Wildman–Crippen LogP) is 0.821. The van der Waals surface area contributed by atoms with E-state index < -0.39 is 0 Å². The molecule has 0 aliphatic rings. The lowest BCUT2D eigenvalue weighted by atomic mass is 10.8. The van der Waals surface area contributed by atoms with Crippen molar-refractivity contribution in [3.05, 3.63) is 21.0 Å². The van der Waals surface area contributed by atoms with E-state index in [1.807, 2.05) is 6.20 Å². The molecule has 2 aromatic heterocycles. The Morgan fingerprint density at radius 3 is 2.92 bits per heavy atom. The van der Waals surface area contributed by atoms with Gasteiger partial charge in [0.15, 0.2) is 0 Å². The molecule has 0 fully saturated rings. The maximum atomic E-state index is 8.78. The van der Waals surface area contributed by atoms with E-state index in [4.69, 9.17) is 5.11 Å². The number of aliphatic hydroxyl groups excluding tert-OH is 1. The quantitative estimate of drug-likeness (QED) is 0.834. The Bertz CT molecular complexity index is 412. The zero-order chi connectivity index (χ0) is 9.26. The highest BCUT2D eigenvalue weighted by Crippen LogP contribution is 2.14. The average Bonchev–Trinajstić information content (AvgIpc) is 2.71. The van der Waals surface area contributed by atoms with Crippen LogP contribution in [0.15, 0.2) is 12.4 Å². The summed E-state index contributed by atoms with van der Waals surface area (Å²) in [6, 6.07) is 0. The van der Waals surface area contributed by atoms with Crippen molar-refractivity contribution >= 4 is 33.9 Å². The fraction of sp³-hybridized carbons (Fsp3) is 0.167. The monoisotopic (exact) mass is 308 g/mol. The standard InChI is InChI=1S/C6H5IN4OS/c7-4-1-8-11(2-4)6-10-9-5(3-12)13-6/h1-2,12H,3H2. The van der Waals surface area contributed by atoms with Gasteiger partial charge in [0.1, 0.15) is 5.01 Å². The molecule has 0 saturated carbocycles. The van der Waals surface area contributed by atoms with Crippen molar-refractivity contribution in [3.8, 4) is 5.13 Å². The van der Waals surface area contributed by atoms with Crippen molar-refractivity contribution < 1.29 is 5.11 Å². The zero-order valence-electron chi connectivity index (χ0n) is 6.38. The SMILES string of the molecule is OCc1nnc(-n2cc(I)cn2)s1. The van der Waals surface area contributed by atoms with Crippen LogP contribution in [0.3, 0.4) is 0 Å². The summed E-state index contributed by atoms with van der Waals surface area (Å²) >= 11 is 3.49. The highest BCUT2D eigenvalue weighted by atomic mass is 127. The van der Waals surface area contributed by atoms with Gasteiger partial charge in [-0.25, -0.2) is 4.68 Å². The van der Waals surface area contributed by atoms with E-state index >= 15 is 0 Å². The van der Waals surface area contributed by atoms with Crippen LogP contribution < -0.4 is 0 Å². The van der Waals surface area contributed by atoms with E-state index in [1.54, 1.807) is 10.9 Å². The summed E-state index contributed by atoms with van der Waals surface area (Å²) < 4.78 is 2.68. The number of hydrogen-bond acceptors (Lipinski definition) is 5. The summed E-state index contributed by atoms with van der Waals surface area (Å²) in [7, 11) is 0. The molecule has 2 aromatic rings. The molecule has 0 bridgehead atoms. The Kier molecular flexibility index (Phi) is 2.56. The summed E-state index contributed by atoms with van der Waals surface area (Å²) in [6.07, 6.45) is 3.59. The molecular weight excluding hydrogens is 303 g/mol. The van der Waals surface area contributed by atoms with E-state index in [0.717, 1.165) is 3.57 Å². The molecular formula is C6H5IN4OS. The second-order valence-corrected chi connectivity index (χ2v) is 4.53. The molecule has 1 N–H and O–H groups in total. The van der Waals surface area contributed by atoms with Gasteiger partial charge in [0.05, 0.1) is 16.4 Å². The largest absolute Gasteiger partial charge is 0.389 e. The third-order valence-electron chi connectivity index (χ3n) is 1.34. The van der Waals surface area contributed by atoms with Gasteiger partial charge < -0.3 is 5.11 Å². The molecule has 2 heterocycles. The Balaban J connectivity index is 2.35. The molecule has 0 amide bonds. The van der Waals surface area contributed by atoms with Gasteiger partial charge in [0, 0.05) is 6.20 Å². The van der Waals surface area contributed by atoms with Crippen molar-refractivity contribution in [2.75, 3.05) is 0 Å². The van der Waals surface area contributed by atoms with Crippen molar-refractivity contribution in [2.45, 2.75) is 6.61 Å². The maximum absolute atomic E-state index is 8.78. The van der Waals surface area contributed by atoms with Crippen molar-refractivity contribution in [3.63, 3.8) is 0 Å². The van der Waals surface area contributed by atoms with Crippen molar-refractivity contribution in [2.24, 2.45) is 0 Å². The molecule has 0 radical (unpaired) electrons. The summed E-state index contributed by atoms with van der Waals surface area (Å²) in [6.45, 7) is -0.0734. The lowest BCUT2D eigenvalue weighted by Gasteiger charge is -1.89. The number of aliphatic hydroxyl groups is 1. The Labute approximate surface area is 91.6 Å². The molecule has 0 atom stereocenters. The summed E-state index contributed by atoms with van der Waals surface area (Å²) in [5.74, 6) is 0. The molecule has 68 valence electrons. The first-order valence-corrected chi connectivity index (χ1v) is 5.33. The second kappa shape index (κ2) is 3.68. The smallest absolute Gasteiger partial charge is 0.232 e. The normalized spacial score (nSPS) is 10.6. The van der Waals surface area contributed by atoms with Crippen LogP contribution in [0.4, 0.5) is 0 Å². The van der Waals surface area contributed by atoms with E-state index in [2.05, 4.69) is 37.9 Å². The Morgan fingerprint density at radius 2 is 2.38 bits per heavy atom. The van der Waals surface area contributed by atoms with Crippen LogP contribution in [-0.2, 0) is 6.61 Å². The summed E-state index contributed by atoms with van der Waals surface area (Å²) in [5, 5.41) is 21.8. The molecule has 0 aliphatic heterocycles. The van der Waals surface area contributed by atoms with Gasteiger partial charge in [-0.05, 0) is 22.6 Å². The molecule has 0 spiro atoms. The van der Waals surface area contributed by atoms with Gasteiger partial charge in [-0.1, -0.05) is 11.3 Å². The molecule has 0 aliphatic carbocycles. The zero-order valence-corrected chi connectivity index (χ0v) is 9.36. The number of aromatic nitrogens is 4. The lowest BCUT2D eigenvalue weighted by Crippen LogP contribution is -1.92. The first-order valence-electron chi connectivity index (χ1n) is 3.43. The third kappa shape index (κ3) is 1.86. The van der Waals surface area contributed by atoms with Crippen LogP contribution in [-0.4, -0.2) is 25.1 Å². The average molecular weight is 308 g/mol. The summed E-state index contributed by atoms with van der Waals surface area (Å²) in [4.78, 5) is 0. The van der Waals surface area contributed by atoms with E-state index in [1.165, 1.54) is 11.3 Å². The molecule has 7 heteroatoms. The van der Waals surface area contributed by atoms with Crippen LogP contribution in [0.25, 0.3) is 5.13 Å². The highest BCUT2D eigenvalue weighted by Gasteiger charge is 2.05. The van der Waals surface area contributed by atoms with Crippen molar-refractivity contribution in [1.29, 1.82) is 0 Å². The molecule has 0 saturated heterocycles. The van der Waals surface area contributed by atoms with Crippen molar-refractivity contribution in [1.82, 2.24) is 20.0 Å². The molecule has 5 nitrogen and oxygen atoms in total. The van der Waals surface area contributed by atoms with Gasteiger partial charge in [0.25, 0.3) is 0 Å². The fourth-order valence-corrected chi connectivity index (χ4v) is 1.83. The van der Waals surface area contributed by atoms with Crippen LogP contribution >= 0.6 is 33.9 Å². The first kappa shape index (κ1) is 9.03. The first-order chi connectivity index (χ1) is 6.29. The highest BCUT2D eigenvalue weighted by molar-refractivity contribution is 14.1. The van der Waals surface area contributed by atoms with E-state index in [9.17, 15) is 0 Å². The third-order valence-corrected chi connectivity index (χ3v) is 2.79. The number of hydrogen-bond donors (Lipinski definition) is 1. The maximum Gasteiger partial charge on any atom is 0.232 e. The number of rotatable bonds is 2. The minimum absolute atomic E-state index is 0.0734. The minimum atomic E-state index is -0.0734. The van der Waals surface area contributed by atoms with Crippen LogP contribution in [0.1, 0.15) is 5.01 Å². The van der Waals surface area contributed by atoms with Gasteiger partial charge in [-0.2, -0.15) is 5.10 Å². The minimum Gasteiger partial charge on any atom is -0.389 e. The predicted molar refractivity (Wildman–Crippen MR) is 55.7 cm³/mol. The van der Waals surface area contributed by atoms with Gasteiger partial charge >= 0.3 is 0 Å². The van der Waals surface area contributed by atoms with Crippen LogP contribution in [0.2, 0.25) is 0 Å². The van der Waals surface area contributed by atoms with Gasteiger partial charge in [-0.3, -0.25) is 0 Å². The molecule has 0 unspecified atom stereocenters. The van der Waals surface area contributed by atoms with Crippen LogP contribution in [0, 0.1) is 3.57 Å². The number of nitrogens with zero attached hydrogens (tertiary/aromatic N) is 4. The fourth-order valence-electron chi connectivity index (χ4n) is 0.807. The lowest BCUT2D eigenvalue weighted by molar-refractivity contribution is 0.280. The van der Waals surface area contributed by atoms with Crippen LogP contribution in [0.5, 0.6) is 0 Å². The molecule has 13 heavy (non-hydrogen) atoms. The molecule has 2 rings (SSSR count). The van der Waals surface area contributed by atoms with Gasteiger partial charge in [0.2, 0.25) is 5.13 Å². The molecule has 0 aromatic carbocycles. The Morgan fingerprint density at radius 1 is 1.54 bits per heavy atom. The van der Waals surface area contributed by atoms with Gasteiger partial charge in [-0.15, -0.1) is 10.2 Å². The topological polar surface area (TPSA) is 63.8 Å².